The Labute approximate surface area is 193 Å². The van der Waals surface area contributed by atoms with Crippen LogP contribution in [0, 0.1) is 23.2 Å². The Morgan fingerprint density at radius 3 is 2.48 bits per heavy atom. The molecule has 33 heavy (non-hydrogen) atoms. The van der Waals surface area contributed by atoms with Crippen molar-refractivity contribution in [1.82, 2.24) is 14.7 Å². The van der Waals surface area contributed by atoms with Gasteiger partial charge in [-0.15, -0.1) is 0 Å². The molecule has 174 valence electrons. The van der Waals surface area contributed by atoms with Gasteiger partial charge in [0, 0.05) is 18.7 Å². The van der Waals surface area contributed by atoms with Gasteiger partial charge in [0.1, 0.15) is 17.1 Å². The van der Waals surface area contributed by atoms with Crippen molar-refractivity contribution < 1.29 is 14.7 Å². The summed E-state index contributed by atoms with van der Waals surface area (Å²) in [5.74, 6) is 4.90. The molecule has 1 unspecified atom stereocenters. The molecule has 2 heterocycles. The van der Waals surface area contributed by atoms with Gasteiger partial charge in [-0.2, -0.15) is 5.10 Å². The molecule has 1 aromatic heterocycles. The number of hydrogen-bond acceptors (Lipinski definition) is 5. The van der Waals surface area contributed by atoms with Gasteiger partial charge >= 0.3 is 0 Å². The van der Waals surface area contributed by atoms with Crippen LogP contribution >= 0.6 is 0 Å². The lowest BCUT2D eigenvalue weighted by Crippen LogP contribution is -2.42. The molecule has 4 rings (SSSR count). The number of aliphatic hydroxyl groups excluding tert-OH is 1. The Bertz CT molecular complexity index is 1130. The number of carbonyl (C=O) groups excluding carboxylic acids is 2. The topological polar surface area (TPSA) is 127 Å². The number of hydrogen-bond donors (Lipinski definition) is 3. The Morgan fingerprint density at radius 2 is 1.91 bits per heavy atom. The maximum atomic E-state index is 12.2. The first-order valence-electron chi connectivity index (χ1n) is 11.3. The summed E-state index contributed by atoms with van der Waals surface area (Å²) in [6.45, 7) is 6.97. The van der Waals surface area contributed by atoms with Gasteiger partial charge in [0.15, 0.2) is 0 Å². The third-order valence-corrected chi connectivity index (χ3v) is 6.99. The van der Waals surface area contributed by atoms with Crippen molar-refractivity contribution in [2.75, 3.05) is 18.8 Å². The standard InChI is InChI=1S/C25H31N5O3/c1-4-5-19(31)29-11-10-25(14-29)12-18(13-25)30-23(26)20(24(27)33)21(28-30)16-6-8-17(9-7-16)22(32)15(2)3/h6-9,15,18,22,32H,10-14,26H2,1-3H3,(H2,27,33)/t18-,22?,25-. The van der Waals surface area contributed by atoms with Crippen LogP contribution in [0.25, 0.3) is 11.3 Å². The van der Waals surface area contributed by atoms with Crippen LogP contribution in [0.5, 0.6) is 0 Å². The van der Waals surface area contributed by atoms with Crippen molar-refractivity contribution in [1.29, 1.82) is 0 Å². The van der Waals surface area contributed by atoms with Crippen molar-refractivity contribution in [3.63, 3.8) is 0 Å². The number of anilines is 1. The minimum atomic E-state index is -0.621. The van der Waals surface area contributed by atoms with E-state index in [0.717, 1.165) is 30.4 Å². The molecule has 8 nitrogen and oxygen atoms in total. The van der Waals surface area contributed by atoms with Gasteiger partial charge in [-0.1, -0.05) is 44.0 Å². The Balaban J connectivity index is 1.56. The van der Waals surface area contributed by atoms with Gasteiger partial charge in [0.05, 0.1) is 12.1 Å². The number of likely N-dealkylation sites (tertiary alicyclic amines) is 1. The van der Waals surface area contributed by atoms with E-state index in [0.29, 0.717) is 18.8 Å². The molecule has 5 N–H and O–H groups in total. The largest absolute Gasteiger partial charge is 0.388 e. The highest BCUT2D eigenvalue weighted by Gasteiger charge is 2.51. The van der Waals surface area contributed by atoms with Crippen LogP contribution in [0.3, 0.4) is 0 Å². The molecule has 2 aromatic rings. The van der Waals surface area contributed by atoms with Crippen LogP contribution < -0.4 is 11.5 Å². The third-order valence-electron chi connectivity index (χ3n) is 6.99. The van der Waals surface area contributed by atoms with Crippen molar-refractivity contribution in [2.24, 2.45) is 17.1 Å². The summed E-state index contributed by atoms with van der Waals surface area (Å²) in [5.41, 5.74) is 14.3. The minimum Gasteiger partial charge on any atom is -0.388 e. The van der Waals surface area contributed by atoms with Crippen LogP contribution in [-0.4, -0.2) is 44.7 Å². The van der Waals surface area contributed by atoms with E-state index in [1.54, 1.807) is 11.6 Å². The molecule has 2 fully saturated rings. The van der Waals surface area contributed by atoms with E-state index in [9.17, 15) is 14.7 Å². The number of rotatable bonds is 5. The van der Waals surface area contributed by atoms with Crippen LogP contribution in [0.2, 0.25) is 0 Å². The number of primary amides is 1. The predicted molar refractivity (Wildman–Crippen MR) is 126 cm³/mol. The van der Waals surface area contributed by atoms with Gasteiger partial charge < -0.3 is 21.5 Å². The van der Waals surface area contributed by atoms with E-state index < -0.39 is 12.0 Å². The van der Waals surface area contributed by atoms with Crippen molar-refractivity contribution in [2.45, 2.75) is 52.2 Å². The molecule has 2 amide bonds. The summed E-state index contributed by atoms with van der Waals surface area (Å²) >= 11 is 0. The van der Waals surface area contributed by atoms with Crippen LogP contribution in [0.15, 0.2) is 24.3 Å². The van der Waals surface area contributed by atoms with E-state index >= 15 is 0 Å². The lowest BCUT2D eigenvalue weighted by Gasteiger charge is -2.45. The molecule has 1 atom stereocenters. The summed E-state index contributed by atoms with van der Waals surface area (Å²) in [7, 11) is 0. The maximum Gasteiger partial charge on any atom is 0.298 e. The number of amides is 2. The second kappa shape index (κ2) is 8.56. The van der Waals surface area contributed by atoms with E-state index in [1.807, 2.05) is 43.0 Å². The van der Waals surface area contributed by atoms with Crippen molar-refractivity contribution >= 4 is 17.6 Å². The molecule has 1 aliphatic heterocycles. The number of benzene rings is 1. The van der Waals surface area contributed by atoms with E-state index in [2.05, 4.69) is 11.8 Å². The molecule has 0 radical (unpaired) electrons. The van der Waals surface area contributed by atoms with Crippen molar-refractivity contribution in [3.05, 3.63) is 35.4 Å². The lowest BCUT2D eigenvalue weighted by molar-refractivity contribution is -0.125. The van der Waals surface area contributed by atoms with Gasteiger partial charge in [0.2, 0.25) is 0 Å². The Kier molecular flexibility index (Phi) is 5.93. The quantitative estimate of drug-likeness (QED) is 0.604. The van der Waals surface area contributed by atoms with Gasteiger partial charge in [-0.05, 0) is 49.0 Å². The first-order valence-corrected chi connectivity index (χ1v) is 11.3. The number of nitrogens with zero attached hydrogens (tertiary/aromatic N) is 3. The van der Waals surface area contributed by atoms with Crippen molar-refractivity contribution in [3.8, 4) is 23.1 Å². The molecule has 1 spiro atoms. The number of nitrogens with two attached hydrogens (primary N) is 2. The fourth-order valence-electron chi connectivity index (χ4n) is 5.13. The fraction of sp³-hybridized carbons (Fsp3) is 0.480. The average molecular weight is 450 g/mol. The molecule has 1 aliphatic carbocycles. The number of carbonyl (C=O) groups is 2. The summed E-state index contributed by atoms with van der Waals surface area (Å²) in [5, 5.41) is 15.0. The SMILES string of the molecule is CC#CC(=O)N1CC[C@]2(C1)C[C@H](n1nc(-c3ccc(C(O)C(C)C)cc3)c(C(N)=O)c1N)C2. The van der Waals surface area contributed by atoms with E-state index in [4.69, 9.17) is 16.6 Å². The first kappa shape index (κ1) is 22.9. The summed E-state index contributed by atoms with van der Waals surface area (Å²) < 4.78 is 1.72. The second-order valence-electron chi connectivity index (χ2n) is 9.64. The molecule has 1 saturated heterocycles. The Morgan fingerprint density at radius 1 is 1.24 bits per heavy atom. The Hall–Kier alpha value is -3.31. The zero-order valence-corrected chi connectivity index (χ0v) is 19.3. The molecule has 2 aliphatic rings. The smallest absolute Gasteiger partial charge is 0.298 e. The maximum absolute atomic E-state index is 12.2. The highest BCUT2D eigenvalue weighted by molar-refractivity contribution is 6.03. The number of aliphatic hydroxyl groups is 1. The lowest BCUT2D eigenvalue weighted by atomic mass is 9.65. The second-order valence-corrected chi connectivity index (χ2v) is 9.64. The predicted octanol–water partition coefficient (Wildman–Crippen LogP) is 2.50. The van der Waals surface area contributed by atoms with E-state index in [-0.39, 0.29) is 34.7 Å². The number of aromatic nitrogens is 2. The zero-order chi connectivity index (χ0) is 23.9. The number of nitrogen functional groups attached to an aromatic ring is 1. The molecular weight excluding hydrogens is 418 g/mol. The van der Waals surface area contributed by atoms with Crippen LogP contribution in [0.1, 0.15) is 68.1 Å². The molecular formula is C25H31N5O3. The van der Waals surface area contributed by atoms with Crippen LogP contribution in [-0.2, 0) is 4.79 Å². The molecule has 1 aromatic carbocycles. The van der Waals surface area contributed by atoms with Gasteiger partial charge in [-0.3, -0.25) is 9.59 Å². The average Bonchev–Trinajstić information content (AvgIpc) is 3.34. The van der Waals surface area contributed by atoms with Crippen LogP contribution in [0.4, 0.5) is 5.82 Å². The monoisotopic (exact) mass is 449 g/mol. The van der Waals surface area contributed by atoms with E-state index in [1.165, 1.54) is 0 Å². The molecule has 0 bridgehead atoms. The fourth-order valence-corrected chi connectivity index (χ4v) is 5.13. The third kappa shape index (κ3) is 4.09. The van der Waals surface area contributed by atoms with Gasteiger partial charge in [-0.25, -0.2) is 4.68 Å². The highest BCUT2D eigenvalue weighted by Crippen LogP contribution is 2.54. The first-order chi connectivity index (χ1) is 15.7. The summed E-state index contributed by atoms with van der Waals surface area (Å²) in [4.78, 5) is 26.2. The minimum absolute atomic E-state index is 0.0474. The molecule has 1 saturated carbocycles. The van der Waals surface area contributed by atoms with Gasteiger partial charge in [0.25, 0.3) is 11.8 Å². The summed E-state index contributed by atoms with van der Waals surface area (Å²) in [6, 6.07) is 7.38. The highest BCUT2D eigenvalue weighted by atomic mass is 16.3. The summed E-state index contributed by atoms with van der Waals surface area (Å²) in [6.07, 6.45) is 2.03. The molecule has 8 heteroatoms. The normalized spacial score (nSPS) is 22.7. The zero-order valence-electron chi connectivity index (χ0n) is 19.3.